The van der Waals surface area contributed by atoms with E-state index in [9.17, 15) is 18.3 Å². The third kappa shape index (κ3) is 4.17. The Labute approximate surface area is 127 Å². The molecule has 1 saturated carbocycles. The summed E-state index contributed by atoms with van der Waals surface area (Å²) >= 11 is 0. The Morgan fingerprint density at radius 3 is 2.57 bits per heavy atom. The molecule has 0 bridgehead atoms. The van der Waals surface area contributed by atoms with Crippen LogP contribution < -0.4 is 4.72 Å². The van der Waals surface area contributed by atoms with Gasteiger partial charge in [-0.05, 0) is 43.9 Å². The number of carboxylic acid groups (broad SMARTS) is 1. The van der Waals surface area contributed by atoms with Crippen molar-refractivity contribution in [2.75, 3.05) is 6.54 Å². The summed E-state index contributed by atoms with van der Waals surface area (Å²) in [6.45, 7) is 4.59. The van der Waals surface area contributed by atoms with Crippen LogP contribution in [0, 0.1) is 5.41 Å². The zero-order chi connectivity index (χ0) is 15.7. The van der Waals surface area contributed by atoms with Gasteiger partial charge in [-0.25, -0.2) is 0 Å². The fraction of sp³-hybridized carbons (Fsp3) is 0.929. The summed E-state index contributed by atoms with van der Waals surface area (Å²) in [6, 6.07) is -1.01. The van der Waals surface area contributed by atoms with Crippen LogP contribution in [-0.2, 0) is 15.0 Å². The van der Waals surface area contributed by atoms with Crippen LogP contribution in [0.25, 0.3) is 0 Å². The number of hydrogen-bond donors (Lipinski definition) is 2. The predicted octanol–water partition coefficient (Wildman–Crippen LogP) is 1.73. The van der Waals surface area contributed by atoms with Gasteiger partial charge in [-0.15, -0.1) is 0 Å². The van der Waals surface area contributed by atoms with Crippen molar-refractivity contribution in [3.63, 3.8) is 0 Å². The Morgan fingerprint density at radius 1 is 1.24 bits per heavy atom. The Kier molecular flexibility index (Phi) is 4.95. The van der Waals surface area contributed by atoms with Gasteiger partial charge in [0, 0.05) is 12.6 Å². The number of aliphatic carboxylic acids is 1. The quantitative estimate of drug-likeness (QED) is 0.826. The molecular weight excluding hydrogens is 292 g/mol. The lowest BCUT2D eigenvalue weighted by Crippen LogP contribution is -2.54. The minimum Gasteiger partial charge on any atom is -0.480 e. The lowest BCUT2D eigenvalue weighted by molar-refractivity contribution is -0.142. The van der Waals surface area contributed by atoms with E-state index in [1.165, 1.54) is 0 Å². The molecule has 1 saturated heterocycles. The van der Waals surface area contributed by atoms with Crippen LogP contribution in [0.3, 0.4) is 0 Å². The van der Waals surface area contributed by atoms with Gasteiger partial charge in [-0.3, -0.25) is 4.79 Å². The molecule has 7 heteroatoms. The number of hydrogen-bond acceptors (Lipinski definition) is 3. The third-order valence-corrected chi connectivity index (χ3v) is 6.25. The second kappa shape index (κ2) is 6.22. The normalized spacial score (nSPS) is 31.0. The topological polar surface area (TPSA) is 86.7 Å². The van der Waals surface area contributed by atoms with Gasteiger partial charge in [0.2, 0.25) is 0 Å². The first-order valence-corrected chi connectivity index (χ1v) is 9.17. The molecule has 2 N–H and O–H groups in total. The summed E-state index contributed by atoms with van der Waals surface area (Å²) < 4.78 is 28.9. The maximum Gasteiger partial charge on any atom is 0.322 e. The van der Waals surface area contributed by atoms with Gasteiger partial charge < -0.3 is 5.11 Å². The monoisotopic (exact) mass is 318 g/mol. The van der Waals surface area contributed by atoms with E-state index in [-0.39, 0.29) is 11.5 Å². The van der Waals surface area contributed by atoms with E-state index in [1.807, 2.05) is 0 Å². The molecule has 1 aliphatic heterocycles. The van der Waals surface area contributed by atoms with Crippen molar-refractivity contribution in [3.05, 3.63) is 0 Å². The number of rotatable bonds is 4. The van der Waals surface area contributed by atoms with E-state index in [4.69, 9.17) is 0 Å². The Hall–Kier alpha value is -0.660. The zero-order valence-corrected chi connectivity index (χ0v) is 13.7. The van der Waals surface area contributed by atoms with Gasteiger partial charge in [0.05, 0.1) is 0 Å². The number of piperidine rings is 1. The van der Waals surface area contributed by atoms with Crippen LogP contribution in [0.4, 0.5) is 0 Å². The maximum absolute atomic E-state index is 12.5. The fourth-order valence-corrected chi connectivity index (χ4v) is 5.17. The lowest BCUT2D eigenvalue weighted by atomic mass is 9.75. The molecule has 0 radical (unpaired) electrons. The highest BCUT2D eigenvalue weighted by Gasteiger charge is 2.39. The molecular formula is C14H26N2O4S. The van der Waals surface area contributed by atoms with Crippen molar-refractivity contribution >= 4 is 16.2 Å². The van der Waals surface area contributed by atoms with Gasteiger partial charge in [0.1, 0.15) is 6.04 Å². The van der Waals surface area contributed by atoms with E-state index in [0.29, 0.717) is 13.0 Å². The molecule has 1 heterocycles. The van der Waals surface area contributed by atoms with E-state index < -0.39 is 22.2 Å². The smallest absolute Gasteiger partial charge is 0.322 e. The first-order valence-electron chi connectivity index (χ1n) is 7.73. The lowest BCUT2D eigenvalue weighted by Gasteiger charge is -2.38. The van der Waals surface area contributed by atoms with Gasteiger partial charge in [0.25, 0.3) is 10.2 Å². The van der Waals surface area contributed by atoms with Gasteiger partial charge in [-0.2, -0.15) is 17.4 Å². The van der Waals surface area contributed by atoms with Gasteiger partial charge in [-0.1, -0.05) is 20.3 Å². The van der Waals surface area contributed by atoms with Crippen LogP contribution in [-0.4, -0.2) is 42.4 Å². The molecule has 2 unspecified atom stereocenters. The average Bonchev–Trinajstić information content (AvgIpc) is 2.37. The number of carbonyl (C=O) groups is 1. The van der Waals surface area contributed by atoms with Crippen LogP contribution >= 0.6 is 0 Å². The number of carboxylic acids is 1. The molecule has 2 atom stereocenters. The fourth-order valence-electron chi connectivity index (χ4n) is 3.52. The predicted molar refractivity (Wildman–Crippen MR) is 80.1 cm³/mol. The van der Waals surface area contributed by atoms with Crippen LogP contribution in [0.5, 0.6) is 0 Å². The molecule has 0 aromatic rings. The summed E-state index contributed by atoms with van der Waals surface area (Å²) in [6.07, 6.45) is 5.62. The minimum atomic E-state index is -3.72. The zero-order valence-electron chi connectivity index (χ0n) is 12.8. The van der Waals surface area contributed by atoms with Crippen LogP contribution in [0.2, 0.25) is 0 Å². The Bertz CT molecular complexity index is 489. The van der Waals surface area contributed by atoms with Crippen molar-refractivity contribution < 1.29 is 18.3 Å². The average molecular weight is 318 g/mol. The molecule has 0 amide bonds. The molecule has 2 fully saturated rings. The standard InChI is InChI=1S/C14H26N2O4S/c1-14(2)8-5-6-11(10-14)15-21(19,20)16-9-4-3-7-12(16)13(17)18/h11-12,15H,3-10H2,1-2H3,(H,17,18). The van der Waals surface area contributed by atoms with Gasteiger partial charge >= 0.3 is 5.97 Å². The molecule has 0 aromatic carbocycles. The van der Waals surface area contributed by atoms with Crippen molar-refractivity contribution in [2.24, 2.45) is 5.41 Å². The van der Waals surface area contributed by atoms with Crippen molar-refractivity contribution in [2.45, 2.75) is 70.9 Å². The first-order chi connectivity index (χ1) is 9.71. The van der Waals surface area contributed by atoms with Gasteiger partial charge in [0.15, 0.2) is 0 Å². The molecule has 6 nitrogen and oxygen atoms in total. The second-order valence-corrected chi connectivity index (χ2v) is 8.70. The summed E-state index contributed by atoms with van der Waals surface area (Å²) in [7, 11) is -3.72. The van der Waals surface area contributed by atoms with Crippen LogP contribution in [0.1, 0.15) is 58.8 Å². The van der Waals surface area contributed by atoms with Crippen molar-refractivity contribution in [1.29, 1.82) is 0 Å². The van der Waals surface area contributed by atoms with E-state index in [0.717, 1.165) is 42.8 Å². The van der Waals surface area contributed by atoms with E-state index in [1.54, 1.807) is 0 Å². The molecule has 0 spiro atoms. The first kappa shape index (κ1) is 16.7. The molecule has 0 aromatic heterocycles. The summed E-state index contributed by atoms with van der Waals surface area (Å²) in [5.41, 5.74) is 0.138. The van der Waals surface area contributed by atoms with Crippen molar-refractivity contribution in [3.8, 4) is 0 Å². The molecule has 2 aliphatic rings. The summed E-state index contributed by atoms with van der Waals surface area (Å²) in [5.74, 6) is -1.05. The van der Waals surface area contributed by atoms with E-state index in [2.05, 4.69) is 18.6 Å². The second-order valence-electron chi connectivity index (χ2n) is 7.04. The number of nitrogens with zero attached hydrogens (tertiary/aromatic N) is 1. The molecule has 122 valence electrons. The third-order valence-electron chi connectivity index (χ3n) is 4.57. The van der Waals surface area contributed by atoms with E-state index >= 15 is 0 Å². The largest absolute Gasteiger partial charge is 0.480 e. The highest BCUT2D eigenvalue weighted by atomic mass is 32.2. The highest BCUT2D eigenvalue weighted by molar-refractivity contribution is 7.87. The van der Waals surface area contributed by atoms with Crippen molar-refractivity contribution in [1.82, 2.24) is 9.03 Å². The Morgan fingerprint density at radius 2 is 1.95 bits per heavy atom. The SMILES string of the molecule is CC1(C)CCCC(NS(=O)(=O)N2CCCCC2C(=O)O)C1. The highest BCUT2D eigenvalue weighted by Crippen LogP contribution is 2.35. The molecule has 1 aliphatic carbocycles. The number of nitrogens with one attached hydrogen (secondary N) is 1. The maximum atomic E-state index is 12.5. The van der Waals surface area contributed by atoms with Crippen LogP contribution in [0.15, 0.2) is 0 Å². The molecule has 21 heavy (non-hydrogen) atoms. The summed E-state index contributed by atoms with van der Waals surface area (Å²) in [5, 5.41) is 9.23. The minimum absolute atomic E-state index is 0.0879. The summed E-state index contributed by atoms with van der Waals surface area (Å²) in [4.78, 5) is 11.3. The Balaban J connectivity index is 2.08. The molecule has 2 rings (SSSR count).